The Balaban J connectivity index is 2.63. The van der Waals surface area contributed by atoms with Crippen molar-refractivity contribution in [3.8, 4) is 5.88 Å². The van der Waals surface area contributed by atoms with Gasteiger partial charge in [0.15, 0.2) is 6.61 Å². The van der Waals surface area contributed by atoms with Crippen molar-refractivity contribution in [3.05, 3.63) is 18.3 Å². The molecule has 0 fully saturated rings. The highest BCUT2D eigenvalue weighted by molar-refractivity contribution is 5.75. The van der Waals surface area contributed by atoms with Crippen LogP contribution in [0.5, 0.6) is 5.88 Å². The molecule has 2 N–H and O–H groups in total. The van der Waals surface area contributed by atoms with E-state index in [1.165, 1.54) is 0 Å². The van der Waals surface area contributed by atoms with E-state index in [2.05, 4.69) is 14.7 Å². The minimum atomic E-state index is -0.723. The van der Waals surface area contributed by atoms with Gasteiger partial charge >= 0.3 is 0 Å². The van der Waals surface area contributed by atoms with E-state index in [-0.39, 0.29) is 5.88 Å². The van der Waals surface area contributed by atoms with Gasteiger partial charge in [0, 0.05) is 0 Å². The van der Waals surface area contributed by atoms with Gasteiger partial charge in [-0.05, 0) is 0 Å². The Kier molecular flexibility index (Phi) is 2.52. The molecule has 0 aliphatic heterocycles. The molecule has 0 atom stereocenters. The fraction of sp³-hybridized carbons (Fsp3) is 0.167. The lowest BCUT2D eigenvalue weighted by Crippen LogP contribution is -2.20. The van der Waals surface area contributed by atoms with Gasteiger partial charge in [-0.3, -0.25) is 4.79 Å². The van der Waals surface area contributed by atoms with Crippen LogP contribution in [0, 0.1) is 5.82 Å². The summed E-state index contributed by atoms with van der Waals surface area (Å²) in [6.45, 7) is -0.395. The molecular formula is C6H6FN3O2. The van der Waals surface area contributed by atoms with Crippen LogP contribution in [0.2, 0.25) is 0 Å². The Bertz CT molecular complexity index is 292. The average molecular weight is 171 g/mol. The van der Waals surface area contributed by atoms with Crippen LogP contribution in [0.3, 0.4) is 0 Å². The van der Waals surface area contributed by atoms with Gasteiger partial charge in [-0.1, -0.05) is 0 Å². The third kappa shape index (κ3) is 2.15. The van der Waals surface area contributed by atoms with Crippen molar-refractivity contribution >= 4 is 5.91 Å². The van der Waals surface area contributed by atoms with Gasteiger partial charge in [0.25, 0.3) is 11.8 Å². The number of rotatable bonds is 3. The Morgan fingerprint density at radius 2 is 2.50 bits per heavy atom. The largest absolute Gasteiger partial charge is 0.465 e. The molecule has 0 aromatic carbocycles. The van der Waals surface area contributed by atoms with Crippen molar-refractivity contribution in [2.45, 2.75) is 0 Å². The zero-order chi connectivity index (χ0) is 8.97. The van der Waals surface area contributed by atoms with Crippen LogP contribution in [0.4, 0.5) is 4.39 Å². The molecule has 5 nitrogen and oxygen atoms in total. The first kappa shape index (κ1) is 8.38. The predicted octanol–water partition coefficient (Wildman–Crippen LogP) is -0.520. The Morgan fingerprint density at radius 1 is 1.75 bits per heavy atom. The smallest absolute Gasteiger partial charge is 0.255 e. The number of carbonyl (C=O) groups is 1. The number of aromatic nitrogens is 2. The van der Waals surface area contributed by atoms with E-state index in [9.17, 15) is 9.18 Å². The van der Waals surface area contributed by atoms with Gasteiger partial charge in [-0.2, -0.15) is 9.37 Å². The molecule has 0 aliphatic rings. The number of hydrogen-bond donors (Lipinski definition) is 1. The number of nitrogens with two attached hydrogens (primary N) is 1. The van der Waals surface area contributed by atoms with E-state index >= 15 is 0 Å². The van der Waals surface area contributed by atoms with E-state index in [0.29, 0.717) is 0 Å². The molecule has 0 saturated carbocycles. The molecule has 0 radical (unpaired) electrons. The van der Waals surface area contributed by atoms with Crippen LogP contribution in [-0.2, 0) is 4.79 Å². The maximum absolute atomic E-state index is 12.6. The molecule has 6 heteroatoms. The highest BCUT2D eigenvalue weighted by atomic mass is 19.1. The lowest BCUT2D eigenvalue weighted by Gasteiger charge is -2.01. The first-order valence-corrected chi connectivity index (χ1v) is 3.07. The number of carbonyl (C=O) groups excluding carboxylic acids is 1. The number of nitrogens with zero attached hydrogens (tertiary/aromatic N) is 2. The first-order chi connectivity index (χ1) is 5.70. The summed E-state index contributed by atoms with van der Waals surface area (Å²) in [5.41, 5.74) is 4.76. The van der Waals surface area contributed by atoms with Crippen LogP contribution < -0.4 is 10.5 Å². The van der Waals surface area contributed by atoms with Crippen molar-refractivity contribution in [2.24, 2.45) is 5.73 Å². The van der Waals surface area contributed by atoms with Crippen molar-refractivity contribution in [2.75, 3.05) is 6.61 Å². The molecule has 0 saturated heterocycles. The number of ether oxygens (including phenoxy) is 1. The average Bonchev–Trinajstić information content (AvgIpc) is 2.03. The summed E-state index contributed by atoms with van der Waals surface area (Å²) in [6, 6.07) is 0. The number of amides is 1. The van der Waals surface area contributed by atoms with Gasteiger partial charge in [0.2, 0.25) is 5.82 Å². The second-order valence-corrected chi connectivity index (χ2v) is 1.93. The Labute approximate surface area is 67.4 Å². The predicted molar refractivity (Wildman–Crippen MR) is 36.7 cm³/mol. The summed E-state index contributed by atoms with van der Waals surface area (Å²) in [6.07, 6.45) is 2.04. The molecular weight excluding hydrogens is 165 g/mol. The Hall–Kier alpha value is -1.72. The minimum absolute atomic E-state index is 0.274. The summed E-state index contributed by atoms with van der Waals surface area (Å²) in [4.78, 5) is 17.0. The van der Waals surface area contributed by atoms with Gasteiger partial charge in [0.05, 0.1) is 6.20 Å². The topological polar surface area (TPSA) is 78.1 Å². The van der Waals surface area contributed by atoms with Crippen molar-refractivity contribution in [1.29, 1.82) is 0 Å². The van der Waals surface area contributed by atoms with Crippen LogP contribution in [0.25, 0.3) is 0 Å². The molecule has 1 aromatic heterocycles. The van der Waals surface area contributed by atoms with E-state index in [1.54, 1.807) is 0 Å². The highest BCUT2D eigenvalue weighted by Gasteiger charge is 2.04. The highest BCUT2D eigenvalue weighted by Crippen LogP contribution is 2.08. The summed E-state index contributed by atoms with van der Waals surface area (Å²) >= 11 is 0. The molecule has 1 aromatic rings. The molecule has 1 rings (SSSR count). The third-order valence-corrected chi connectivity index (χ3v) is 0.985. The van der Waals surface area contributed by atoms with Crippen LogP contribution in [0.1, 0.15) is 0 Å². The van der Waals surface area contributed by atoms with Crippen molar-refractivity contribution < 1.29 is 13.9 Å². The lowest BCUT2D eigenvalue weighted by atomic mass is 10.6. The summed E-state index contributed by atoms with van der Waals surface area (Å²) in [5.74, 6) is -1.68. The molecule has 12 heavy (non-hydrogen) atoms. The Morgan fingerprint density at radius 3 is 3.08 bits per heavy atom. The minimum Gasteiger partial charge on any atom is -0.465 e. The lowest BCUT2D eigenvalue weighted by molar-refractivity contribution is -0.120. The van der Waals surface area contributed by atoms with Gasteiger partial charge in [0.1, 0.15) is 6.33 Å². The fourth-order valence-corrected chi connectivity index (χ4v) is 0.547. The monoisotopic (exact) mass is 171 g/mol. The van der Waals surface area contributed by atoms with E-state index in [0.717, 1.165) is 12.5 Å². The maximum atomic E-state index is 12.6. The number of primary amides is 1. The number of halogens is 1. The van der Waals surface area contributed by atoms with Crippen LogP contribution >= 0.6 is 0 Å². The fourth-order valence-electron chi connectivity index (χ4n) is 0.547. The van der Waals surface area contributed by atoms with Crippen molar-refractivity contribution in [3.63, 3.8) is 0 Å². The molecule has 0 spiro atoms. The van der Waals surface area contributed by atoms with E-state index in [1.807, 2.05) is 0 Å². The molecule has 1 heterocycles. The zero-order valence-corrected chi connectivity index (χ0v) is 6.03. The van der Waals surface area contributed by atoms with E-state index < -0.39 is 18.3 Å². The SMILES string of the molecule is NC(=O)COc1ncncc1F. The number of hydrogen-bond acceptors (Lipinski definition) is 4. The van der Waals surface area contributed by atoms with Crippen LogP contribution in [-0.4, -0.2) is 22.5 Å². The van der Waals surface area contributed by atoms with Crippen LogP contribution in [0.15, 0.2) is 12.5 Å². The quantitative estimate of drug-likeness (QED) is 0.663. The molecule has 0 aliphatic carbocycles. The second-order valence-electron chi connectivity index (χ2n) is 1.93. The molecule has 64 valence electrons. The summed E-state index contributed by atoms with van der Waals surface area (Å²) in [7, 11) is 0. The van der Waals surface area contributed by atoms with E-state index in [4.69, 9.17) is 5.73 Å². The third-order valence-electron chi connectivity index (χ3n) is 0.985. The van der Waals surface area contributed by atoms with Gasteiger partial charge < -0.3 is 10.5 Å². The maximum Gasteiger partial charge on any atom is 0.255 e. The second kappa shape index (κ2) is 3.61. The summed E-state index contributed by atoms with van der Waals surface area (Å²) in [5, 5.41) is 0. The van der Waals surface area contributed by atoms with Gasteiger partial charge in [-0.15, -0.1) is 0 Å². The molecule has 0 bridgehead atoms. The molecule has 1 amide bonds. The van der Waals surface area contributed by atoms with Crippen molar-refractivity contribution in [1.82, 2.24) is 9.97 Å². The zero-order valence-electron chi connectivity index (χ0n) is 6.03. The normalized spacial score (nSPS) is 9.42. The first-order valence-electron chi connectivity index (χ1n) is 3.07. The standard InChI is InChI=1S/C6H6FN3O2/c7-4-1-9-3-10-6(4)12-2-5(8)11/h1,3H,2H2,(H2,8,11). The molecule has 0 unspecified atom stereocenters. The van der Waals surface area contributed by atoms with Gasteiger partial charge in [-0.25, -0.2) is 4.98 Å². The summed E-state index contributed by atoms with van der Waals surface area (Å²) < 4.78 is 17.2.